The lowest BCUT2D eigenvalue weighted by atomic mass is 10.1. The van der Waals surface area contributed by atoms with Crippen molar-refractivity contribution in [1.82, 2.24) is 5.16 Å². The van der Waals surface area contributed by atoms with Crippen molar-refractivity contribution in [2.75, 3.05) is 12.4 Å². The molecule has 1 aromatic heterocycles. The molecule has 0 saturated carbocycles. The van der Waals surface area contributed by atoms with Crippen LogP contribution in [0, 0.1) is 0 Å². The Kier molecular flexibility index (Phi) is 4.44. The van der Waals surface area contributed by atoms with E-state index in [1.165, 1.54) is 0 Å². The van der Waals surface area contributed by atoms with Gasteiger partial charge in [-0.15, -0.1) is 0 Å². The van der Waals surface area contributed by atoms with Gasteiger partial charge < -0.3 is 9.26 Å². The SMILES string of the molecule is COc1ccc(C(=O)Nc2cc(C(C)C)no2)cc1Br. The molecule has 1 aromatic carbocycles. The van der Waals surface area contributed by atoms with Crippen molar-refractivity contribution in [2.24, 2.45) is 0 Å². The number of benzene rings is 1. The molecule has 1 amide bonds. The fourth-order valence-corrected chi connectivity index (χ4v) is 2.15. The number of aromatic nitrogens is 1. The molecule has 0 spiro atoms. The van der Waals surface area contributed by atoms with Crippen LogP contribution in [0.5, 0.6) is 5.75 Å². The van der Waals surface area contributed by atoms with Crippen molar-refractivity contribution in [2.45, 2.75) is 19.8 Å². The minimum Gasteiger partial charge on any atom is -0.496 e. The Labute approximate surface area is 125 Å². The maximum atomic E-state index is 12.1. The number of carbonyl (C=O) groups excluding carboxylic acids is 1. The average Bonchev–Trinajstić information content (AvgIpc) is 2.87. The highest BCUT2D eigenvalue weighted by molar-refractivity contribution is 9.10. The van der Waals surface area contributed by atoms with Gasteiger partial charge in [-0.1, -0.05) is 19.0 Å². The molecule has 0 aliphatic carbocycles. The van der Waals surface area contributed by atoms with Gasteiger partial charge in [-0.2, -0.15) is 0 Å². The van der Waals surface area contributed by atoms with E-state index in [0.717, 1.165) is 5.69 Å². The summed E-state index contributed by atoms with van der Waals surface area (Å²) >= 11 is 3.34. The van der Waals surface area contributed by atoms with E-state index in [0.29, 0.717) is 21.7 Å². The second kappa shape index (κ2) is 6.09. The Hall–Kier alpha value is -1.82. The Bertz CT molecular complexity index is 623. The van der Waals surface area contributed by atoms with Gasteiger partial charge in [0.2, 0.25) is 5.88 Å². The largest absolute Gasteiger partial charge is 0.496 e. The van der Waals surface area contributed by atoms with E-state index >= 15 is 0 Å². The van der Waals surface area contributed by atoms with Gasteiger partial charge in [0.05, 0.1) is 17.3 Å². The third kappa shape index (κ3) is 3.19. The Morgan fingerprint density at radius 1 is 1.40 bits per heavy atom. The summed E-state index contributed by atoms with van der Waals surface area (Å²) in [6, 6.07) is 6.81. The van der Waals surface area contributed by atoms with Gasteiger partial charge in [-0.25, -0.2) is 0 Å². The number of hydrogen-bond donors (Lipinski definition) is 1. The van der Waals surface area contributed by atoms with Gasteiger partial charge in [-0.05, 0) is 40.0 Å². The highest BCUT2D eigenvalue weighted by Crippen LogP contribution is 2.26. The zero-order valence-corrected chi connectivity index (χ0v) is 13.0. The number of methoxy groups -OCH3 is 1. The summed E-state index contributed by atoms with van der Waals surface area (Å²) < 4.78 is 10.9. The highest BCUT2D eigenvalue weighted by atomic mass is 79.9. The molecule has 6 heteroatoms. The van der Waals surface area contributed by atoms with Crippen molar-refractivity contribution >= 4 is 27.7 Å². The lowest BCUT2D eigenvalue weighted by Crippen LogP contribution is -2.11. The van der Waals surface area contributed by atoms with E-state index in [1.807, 2.05) is 13.8 Å². The molecule has 5 nitrogen and oxygen atoms in total. The van der Waals surface area contributed by atoms with Crippen LogP contribution in [-0.4, -0.2) is 18.2 Å². The third-order valence-corrected chi connectivity index (χ3v) is 3.39. The summed E-state index contributed by atoms with van der Waals surface area (Å²) in [5.74, 6) is 0.994. The number of ether oxygens (including phenoxy) is 1. The van der Waals surface area contributed by atoms with Crippen LogP contribution in [0.1, 0.15) is 35.8 Å². The van der Waals surface area contributed by atoms with Gasteiger partial charge in [-0.3, -0.25) is 10.1 Å². The van der Waals surface area contributed by atoms with Crippen LogP contribution in [0.2, 0.25) is 0 Å². The molecular weight excluding hydrogens is 324 g/mol. The molecule has 20 heavy (non-hydrogen) atoms. The predicted octanol–water partition coefficient (Wildman–Crippen LogP) is 3.82. The first-order valence-corrected chi connectivity index (χ1v) is 6.92. The molecule has 1 N–H and O–H groups in total. The number of nitrogens with zero attached hydrogens (tertiary/aromatic N) is 1. The highest BCUT2D eigenvalue weighted by Gasteiger charge is 2.13. The molecule has 0 unspecified atom stereocenters. The van der Waals surface area contributed by atoms with Crippen LogP contribution < -0.4 is 10.1 Å². The molecule has 0 aliphatic heterocycles. The smallest absolute Gasteiger partial charge is 0.258 e. The lowest BCUT2D eigenvalue weighted by molar-refractivity contribution is 0.102. The first-order valence-electron chi connectivity index (χ1n) is 6.12. The number of hydrogen-bond acceptors (Lipinski definition) is 4. The second-order valence-corrected chi connectivity index (χ2v) is 5.43. The van der Waals surface area contributed by atoms with Crippen LogP contribution in [0.15, 0.2) is 33.3 Å². The maximum Gasteiger partial charge on any atom is 0.258 e. The Morgan fingerprint density at radius 3 is 2.70 bits per heavy atom. The van der Waals surface area contributed by atoms with Crippen LogP contribution in [0.25, 0.3) is 0 Å². The van der Waals surface area contributed by atoms with Crippen molar-refractivity contribution < 1.29 is 14.1 Å². The molecule has 106 valence electrons. The second-order valence-electron chi connectivity index (χ2n) is 4.57. The van der Waals surface area contributed by atoms with E-state index < -0.39 is 0 Å². The Morgan fingerprint density at radius 2 is 2.15 bits per heavy atom. The van der Waals surface area contributed by atoms with Gasteiger partial charge in [0, 0.05) is 11.6 Å². The zero-order valence-electron chi connectivity index (χ0n) is 11.4. The molecule has 1 heterocycles. The van der Waals surface area contributed by atoms with Crippen LogP contribution in [0.3, 0.4) is 0 Å². The summed E-state index contributed by atoms with van der Waals surface area (Å²) in [6.07, 6.45) is 0. The van der Waals surface area contributed by atoms with Crippen LogP contribution in [-0.2, 0) is 0 Å². The topological polar surface area (TPSA) is 64.4 Å². The summed E-state index contributed by atoms with van der Waals surface area (Å²) in [4.78, 5) is 12.1. The standard InChI is InChI=1S/C14H15BrN2O3/c1-8(2)11-7-13(20-17-11)16-14(18)9-4-5-12(19-3)10(15)6-9/h4-8H,1-3H3,(H,16,18). The summed E-state index contributed by atoms with van der Waals surface area (Å²) in [6.45, 7) is 4.01. The monoisotopic (exact) mass is 338 g/mol. The Balaban J connectivity index is 2.13. The fraction of sp³-hybridized carbons (Fsp3) is 0.286. The number of carbonyl (C=O) groups is 1. The van der Waals surface area contributed by atoms with Crippen LogP contribution >= 0.6 is 15.9 Å². The van der Waals surface area contributed by atoms with E-state index in [9.17, 15) is 4.79 Å². The number of halogens is 1. The molecule has 0 aliphatic rings. The van der Waals surface area contributed by atoms with Crippen molar-refractivity contribution in [3.63, 3.8) is 0 Å². The summed E-state index contributed by atoms with van der Waals surface area (Å²) in [5.41, 5.74) is 1.30. The predicted molar refractivity (Wildman–Crippen MR) is 79.2 cm³/mol. The fourth-order valence-electron chi connectivity index (χ4n) is 1.61. The van der Waals surface area contributed by atoms with Gasteiger partial charge in [0.15, 0.2) is 0 Å². The molecule has 0 saturated heterocycles. The average molecular weight is 339 g/mol. The third-order valence-electron chi connectivity index (χ3n) is 2.77. The van der Waals surface area contributed by atoms with Gasteiger partial charge >= 0.3 is 0 Å². The molecular formula is C14H15BrN2O3. The number of rotatable bonds is 4. The molecule has 2 aromatic rings. The number of anilines is 1. The van der Waals surface area contributed by atoms with E-state index in [-0.39, 0.29) is 11.8 Å². The number of nitrogens with one attached hydrogen (secondary N) is 1. The quantitative estimate of drug-likeness (QED) is 0.920. The molecule has 0 bridgehead atoms. The first-order chi connectivity index (χ1) is 9.51. The first kappa shape index (κ1) is 14.6. The maximum absolute atomic E-state index is 12.1. The van der Waals surface area contributed by atoms with Crippen molar-refractivity contribution in [3.05, 3.63) is 40.0 Å². The molecule has 0 fully saturated rings. The van der Waals surface area contributed by atoms with E-state index in [1.54, 1.807) is 31.4 Å². The molecule has 0 radical (unpaired) electrons. The summed E-state index contributed by atoms with van der Waals surface area (Å²) in [5, 5.41) is 6.56. The van der Waals surface area contributed by atoms with Gasteiger partial charge in [0.1, 0.15) is 5.75 Å². The van der Waals surface area contributed by atoms with E-state index in [2.05, 4.69) is 26.4 Å². The van der Waals surface area contributed by atoms with E-state index in [4.69, 9.17) is 9.26 Å². The minimum absolute atomic E-state index is 0.250. The summed E-state index contributed by atoms with van der Waals surface area (Å²) in [7, 11) is 1.57. The number of amides is 1. The lowest BCUT2D eigenvalue weighted by Gasteiger charge is -2.05. The normalized spacial score (nSPS) is 10.7. The zero-order chi connectivity index (χ0) is 14.7. The molecule has 0 atom stereocenters. The molecule has 2 rings (SSSR count). The minimum atomic E-state index is -0.264. The van der Waals surface area contributed by atoms with Crippen molar-refractivity contribution in [1.29, 1.82) is 0 Å². The van der Waals surface area contributed by atoms with Crippen LogP contribution in [0.4, 0.5) is 5.88 Å². The van der Waals surface area contributed by atoms with Crippen molar-refractivity contribution in [3.8, 4) is 5.75 Å². The van der Waals surface area contributed by atoms with Gasteiger partial charge in [0.25, 0.3) is 5.91 Å².